The largest absolute Gasteiger partial charge is 0.384 e. The summed E-state index contributed by atoms with van der Waals surface area (Å²) >= 11 is 0. The summed E-state index contributed by atoms with van der Waals surface area (Å²) in [5.74, 6) is 5.64. The highest BCUT2D eigenvalue weighted by molar-refractivity contribution is 5.94. The SMILES string of the molecule is Cc1cncc(C(=O)N2CCCN(Cc3ccc(C#CCO)cc3)CC2)c1. The molecule has 0 aliphatic carbocycles. The first-order chi connectivity index (χ1) is 13.2. The number of aliphatic hydroxyl groups excluding tert-OH is 1. The van der Waals surface area contributed by atoms with Crippen LogP contribution >= 0.6 is 0 Å². The van der Waals surface area contributed by atoms with Crippen molar-refractivity contribution in [3.63, 3.8) is 0 Å². The molecule has 27 heavy (non-hydrogen) atoms. The molecule has 0 unspecified atom stereocenters. The molecule has 2 aromatic rings. The van der Waals surface area contributed by atoms with Gasteiger partial charge in [0.2, 0.25) is 0 Å². The van der Waals surface area contributed by atoms with E-state index >= 15 is 0 Å². The number of aromatic nitrogens is 1. The van der Waals surface area contributed by atoms with Gasteiger partial charge in [0.15, 0.2) is 0 Å². The summed E-state index contributed by atoms with van der Waals surface area (Å²) in [6.45, 7) is 6.03. The van der Waals surface area contributed by atoms with Gasteiger partial charge in [0.25, 0.3) is 5.91 Å². The fourth-order valence-electron chi connectivity index (χ4n) is 3.28. The average Bonchev–Trinajstić information content (AvgIpc) is 2.92. The molecule has 0 bridgehead atoms. The van der Waals surface area contributed by atoms with Crippen LogP contribution in [0.25, 0.3) is 0 Å². The van der Waals surface area contributed by atoms with Gasteiger partial charge in [-0.2, -0.15) is 0 Å². The minimum absolute atomic E-state index is 0.0693. The predicted molar refractivity (Wildman–Crippen MR) is 105 cm³/mol. The van der Waals surface area contributed by atoms with Crippen molar-refractivity contribution in [3.8, 4) is 11.8 Å². The first kappa shape index (κ1) is 19.1. The lowest BCUT2D eigenvalue weighted by Crippen LogP contribution is -2.35. The molecule has 1 aliphatic heterocycles. The molecular weight excluding hydrogens is 338 g/mol. The molecule has 1 N–H and O–H groups in total. The summed E-state index contributed by atoms with van der Waals surface area (Å²) in [7, 11) is 0. The normalized spacial score (nSPS) is 15.0. The van der Waals surface area contributed by atoms with Crippen molar-refractivity contribution in [2.75, 3.05) is 32.8 Å². The highest BCUT2D eigenvalue weighted by Gasteiger charge is 2.20. The van der Waals surface area contributed by atoms with E-state index in [0.29, 0.717) is 5.56 Å². The molecule has 1 aliphatic rings. The molecule has 0 radical (unpaired) electrons. The van der Waals surface area contributed by atoms with E-state index in [2.05, 4.69) is 33.9 Å². The summed E-state index contributed by atoms with van der Waals surface area (Å²) in [6.07, 6.45) is 4.38. The quantitative estimate of drug-likeness (QED) is 0.849. The number of carbonyl (C=O) groups excluding carboxylic acids is 1. The van der Waals surface area contributed by atoms with E-state index in [1.165, 1.54) is 5.56 Å². The minimum atomic E-state index is -0.122. The summed E-state index contributed by atoms with van der Waals surface area (Å²) in [4.78, 5) is 21.2. The highest BCUT2D eigenvalue weighted by atomic mass is 16.2. The molecule has 2 heterocycles. The molecule has 140 valence electrons. The summed E-state index contributed by atoms with van der Waals surface area (Å²) in [5.41, 5.74) is 3.81. The Kier molecular flexibility index (Phi) is 6.59. The zero-order valence-electron chi connectivity index (χ0n) is 15.7. The van der Waals surface area contributed by atoms with Gasteiger partial charge in [-0.1, -0.05) is 24.0 Å². The molecule has 1 aromatic carbocycles. The van der Waals surface area contributed by atoms with E-state index in [9.17, 15) is 4.79 Å². The van der Waals surface area contributed by atoms with Crippen molar-refractivity contribution in [1.29, 1.82) is 0 Å². The number of aliphatic hydroxyl groups is 1. The second kappa shape index (κ2) is 9.31. The van der Waals surface area contributed by atoms with E-state index in [1.54, 1.807) is 12.4 Å². The second-order valence-electron chi connectivity index (χ2n) is 6.83. The smallest absolute Gasteiger partial charge is 0.255 e. The average molecular weight is 363 g/mol. The third-order valence-corrected chi connectivity index (χ3v) is 4.67. The maximum absolute atomic E-state index is 12.7. The standard InChI is InChI=1S/C22H25N3O2/c1-18-14-21(16-23-15-18)22(27)25-10-3-9-24(11-12-25)17-20-7-5-19(6-8-20)4-2-13-26/h5-8,14-16,26H,3,9-13,17H2,1H3. The van der Waals surface area contributed by atoms with Crippen molar-refractivity contribution >= 4 is 5.91 Å². The van der Waals surface area contributed by atoms with E-state index in [1.807, 2.05) is 30.0 Å². The van der Waals surface area contributed by atoms with Crippen molar-refractivity contribution in [2.45, 2.75) is 19.9 Å². The fourth-order valence-corrected chi connectivity index (χ4v) is 3.28. The van der Waals surface area contributed by atoms with Crippen LogP contribution < -0.4 is 0 Å². The molecule has 0 saturated carbocycles. The van der Waals surface area contributed by atoms with Crippen LogP contribution in [-0.2, 0) is 6.54 Å². The van der Waals surface area contributed by atoms with Gasteiger partial charge in [-0.15, -0.1) is 0 Å². The van der Waals surface area contributed by atoms with Crippen LogP contribution in [0.4, 0.5) is 0 Å². The van der Waals surface area contributed by atoms with Gasteiger partial charge in [0.05, 0.1) is 5.56 Å². The van der Waals surface area contributed by atoms with Crippen LogP contribution in [0.5, 0.6) is 0 Å². The number of benzene rings is 1. The lowest BCUT2D eigenvalue weighted by Gasteiger charge is -2.22. The summed E-state index contributed by atoms with van der Waals surface area (Å²) < 4.78 is 0. The molecule has 1 aromatic heterocycles. The monoisotopic (exact) mass is 363 g/mol. The third-order valence-electron chi connectivity index (χ3n) is 4.67. The maximum Gasteiger partial charge on any atom is 0.255 e. The molecule has 1 saturated heterocycles. The van der Waals surface area contributed by atoms with E-state index in [0.717, 1.165) is 50.3 Å². The molecule has 1 fully saturated rings. The summed E-state index contributed by atoms with van der Waals surface area (Å²) in [6, 6.07) is 10.0. The van der Waals surface area contributed by atoms with Crippen LogP contribution in [0.15, 0.2) is 42.7 Å². The zero-order chi connectivity index (χ0) is 19.1. The Bertz CT molecular complexity index is 837. The van der Waals surface area contributed by atoms with Crippen LogP contribution in [0.1, 0.15) is 33.5 Å². The predicted octanol–water partition coefficient (Wildman–Crippen LogP) is 2.08. The highest BCUT2D eigenvalue weighted by Crippen LogP contribution is 2.13. The molecule has 1 amide bonds. The molecule has 5 heteroatoms. The molecule has 3 rings (SSSR count). The summed E-state index contributed by atoms with van der Waals surface area (Å²) in [5, 5.41) is 8.76. The van der Waals surface area contributed by atoms with Crippen molar-refractivity contribution < 1.29 is 9.90 Å². The topological polar surface area (TPSA) is 56.7 Å². The van der Waals surface area contributed by atoms with Crippen LogP contribution in [0.3, 0.4) is 0 Å². The number of hydrogen-bond acceptors (Lipinski definition) is 4. The number of carbonyl (C=O) groups is 1. The first-order valence-electron chi connectivity index (χ1n) is 9.27. The molecule has 0 atom stereocenters. The van der Waals surface area contributed by atoms with Gasteiger partial charge < -0.3 is 10.0 Å². The number of pyridine rings is 1. The van der Waals surface area contributed by atoms with Gasteiger partial charge in [0, 0.05) is 50.7 Å². The van der Waals surface area contributed by atoms with Crippen molar-refractivity contribution in [1.82, 2.24) is 14.8 Å². The number of amides is 1. The number of hydrogen-bond donors (Lipinski definition) is 1. The molecule has 5 nitrogen and oxygen atoms in total. The Morgan fingerprint density at radius 3 is 2.70 bits per heavy atom. The Labute approximate surface area is 160 Å². The fraction of sp³-hybridized carbons (Fsp3) is 0.364. The van der Waals surface area contributed by atoms with Crippen LogP contribution in [0, 0.1) is 18.8 Å². The van der Waals surface area contributed by atoms with Crippen LogP contribution in [-0.4, -0.2) is 58.6 Å². The van der Waals surface area contributed by atoms with Crippen molar-refractivity contribution in [3.05, 3.63) is 65.0 Å². The Morgan fingerprint density at radius 2 is 1.96 bits per heavy atom. The van der Waals surface area contributed by atoms with Gasteiger partial charge >= 0.3 is 0 Å². The number of rotatable bonds is 3. The Hall–Kier alpha value is -2.68. The maximum atomic E-state index is 12.7. The van der Waals surface area contributed by atoms with Crippen LogP contribution in [0.2, 0.25) is 0 Å². The number of nitrogens with zero attached hydrogens (tertiary/aromatic N) is 3. The Balaban J connectivity index is 1.57. The van der Waals surface area contributed by atoms with Gasteiger partial charge in [-0.25, -0.2) is 0 Å². The minimum Gasteiger partial charge on any atom is -0.384 e. The van der Waals surface area contributed by atoms with Crippen molar-refractivity contribution in [2.24, 2.45) is 0 Å². The van der Waals surface area contributed by atoms with E-state index in [-0.39, 0.29) is 12.5 Å². The zero-order valence-corrected chi connectivity index (χ0v) is 15.7. The van der Waals surface area contributed by atoms with Gasteiger partial charge in [-0.05, 0) is 42.7 Å². The molecular formula is C22H25N3O2. The molecule has 0 spiro atoms. The van der Waals surface area contributed by atoms with Gasteiger partial charge in [-0.3, -0.25) is 14.7 Å². The van der Waals surface area contributed by atoms with Gasteiger partial charge in [0.1, 0.15) is 6.61 Å². The third kappa shape index (κ3) is 5.40. The lowest BCUT2D eigenvalue weighted by atomic mass is 10.1. The van der Waals surface area contributed by atoms with E-state index in [4.69, 9.17) is 5.11 Å². The van der Waals surface area contributed by atoms with E-state index < -0.39 is 0 Å². The lowest BCUT2D eigenvalue weighted by molar-refractivity contribution is 0.0760. The number of aryl methyl sites for hydroxylation is 1. The Morgan fingerprint density at radius 1 is 1.15 bits per heavy atom. The first-order valence-corrected chi connectivity index (χ1v) is 9.27. The second-order valence-corrected chi connectivity index (χ2v) is 6.83.